The van der Waals surface area contributed by atoms with Crippen molar-refractivity contribution in [2.45, 2.75) is 6.92 Å². The molecule has 0 bridgehead atoms. The normalized spacial score (nSPS) is 10.4. The van der Waals surface area contributed by atoms with E-state index in [1.54, 1.807) is 24.3 Å². The van der Waals surface area contributed by atoms with Gasteiger partial charge in [-0.05, 0) is 52.7 Å². The number of hydrazone groups is 1. The second-order valence-corrected chi connectivity index (χ2v) is 6.01. The zero-order chi connectivity index (χ0) is 18.9. The lowest BCUT2D eigenvalue weighted by Crippen LogP contribution is -2.18. The fraction of sp³-hybridized carbons (Fsp3) is 0.167. The van der Waals surface area contributed by atoms with E-state index in [-0.39, 0.29) is 17.3 Å². The van der Waals surface area contributed by atoms with Crippen LogP contribution in [0.3, 0.4) is 0 Å². The summed E-state index contributed by atoms with van der Waals surface area (Å²) in [5.74, 6) is 2.97. The van der Waals surface area contributed by atoms with Crippen LogP contribution < -0.4 is 14.9 Å². The van der Waals surface area contributed by atoms with Gasteiger partial charge >= 0.3 is 0 Å². The molecule has 0 radical (unpaired) electrons. The molecule has 0 fully saturated rings. The van der Waals surface area contributed by atoms with Crippen molar-refractivity contribution in [1.82, 2.24) is 10.4 Å². The average molecular weight is 437 g/mol. The van der Waals surface area contributed by atoms with Crippen molar-refractivity contribution in [3.05, 3.63) is 51.2 Å². The van der Waals surface area contributed by atoms with Crippen LogP contribution in [0.1, 0.15) is 22.8 Å². The van der Waals surface area contributed by atoms with Crippen LogP contribution in [0.15, 0.2) is 40.0 Å². The standard InChI is InChI=1S/C18H15BrClN3O3/c1-3-8-26-16-14(19)9-12(10-15(16)25-4-2)11-22-23-18(24)13-6-5-7-21-17(13)20/h1,5-7,9-11H,4,8H2,2H3,(H,23,24). The van der Waals surface area contributed by atoms with Gasteiger partial charge in [0.15, 0.2) is 11.5 Å². The highest BCUT2D eigenvalue weighted by atomic mass is 79.9. The van der Waals surface area contributed by atoms with E-state index < -0.39 is 5.91 Å². The number of rotatable bonds is 7. The summed E-state index contributed by atoms with van der Waals surface area (Å²) >= 11 is 9.29. The highest BCUT2D eigenvalue weighted by Gasteiger charge is 2.12. The van der Waals surface area contributed by atoms with E-state index in [4.69, 9.17) is 27.5 Å². The van der Waals surface area contributed by atoms with Crippen LogP contribution in [0, 0.1) is 12.3 Å². The van der Waals surface area contributed by atoms with Crippen LogP contribution in [-0.4, -0.2) is 30.3 Å². The van der Waals surface area contributed by atoms with Crippen molar-refractivity contribution in [1.29, 1.82) is 0 Å². The van der Waals surface area contributed by atoms with Crippen LogP contribution in [0.2, 0.25) is 5.15 Å². The molecule has 1 heterocycles. The smallest absolute Gasteiger partial charge is 0.274 e. The number of amides is 1. The summed E-state index contributed by atoms with van der Waals surface area (Å²) in [6, 6.07) is 6.67. The Labute approximate surface area is 164 Å². The lowest BCUT2D eigenvalue weighted by molar-refractivity contribution is 0.0955. The van der Waals surface area contributed by atoms with Gasteiger partial charge in [0, 0.05) is 6.20 Å². The van der Waals surface area contributed by atoms with Crippen LogP contribution in [0.5, 0.6) is 11.5 Å². The number of benzene rings is 1. The number of aromatic nitrogens is 1. The molecule has 1 amide bonds. The molecule has 0 saturated heterocycles. The van der Waals surface area contributed by atoms with Crippen LogP contribution in [0.4, 0.5) is 0 Å². The molecule has 0 aliphatic rings. The first-order valence-electron chi connectivity index (χ1n) is 7.53. The Morgan fingerprint density at radius 2 is 2.31 bits per heavy atom. The topological polar surface area (TPSA) is 72.8 Å². The summed E-state index contributed by atoms with van der Waals surface area (Å²) in [7, 11) is 0. The van der Waals surface area contributed by atoms with Gasteiger partial charge in [-0.3, -0.25) is 4.79 Å². The quantitative estimate of drug-likeness (QED) is 0.311. The molecule has 0 atom stereocenters. The van der Waals surface area contributed by atoms with E-state index in [2.05, 4.69) is 37.4 Å². The van der Waals surface area contributed by atoms with Crippen LogP contribution >= 0.6 is 27.5 Å². The van der Waals surface area contributed by atoms with Gasteiger partial charge in [0.2, 0.25) is 0 Å². The number of carbonyl (C=O) groups is 1. The predicted octanol–water partition coefficient (Wildman–Crippen LogP) is 3.67. The number of ether oxygens (including phenoxy) is 2. The van der Waals surface area contributed by atoms with Crippen molar-refractivity contribution < 1.29 is 14.3 Å². The van der Waals surface area contributed by atoms with Gasteiger partial charge in [-0.25, -0.2) is 10.4 Å². The van der Waals surface area contributed by atoms with E-state index in [0.717, 1.165) is 0 Å². The van der Waals surface area contributed by atoms with Gasteiger partial charge in [0.1, 0.15) is 11.8 Å². The Morgan fingerprint density at radius 1 is 1.50 bits per heavy atom. The molecule has 1 N–H and O–H groups in total. The Morgan fingerprint density at radius 3 is 3.00 bits per heavy atom. The van der Waals surface area contributed by atoms with Gasteiger partial charge in [0.25, 0.3) is 5.91 Å². The number of hydrogen-bond donors (Lipinski definition) is 1. The van der Waals surface area contributed by atoms with Crippen molar-refractivity contribution in [2.24, 2.45) is 5.10 Å². The first-order chi connectivity index (χ1) is 12.6. The van der Waals surface area contributed by atoms with Crippen molar-refractivity contribution in [3.8, 4) is 23.8 Å². The summed E-state index contributed by atoms with van der Waals surface area (Å²) in [5, 5.41) is 4.04. The minimum absolute atomic E-state index is 0.108. The molecule has 6 nitrogen and oxygen atoms in total. The summed E-state index contributed by atoms with van der Waals surface area (Å²) in [6.07, 6.45) is 8.20. The molecule has 1 aromatic carbocycles. The van der Waals surface area contributed by atoms with Crippen molar-refractivity contribution in [3.63, 3.8) is 0 Å². The second kappa shape index (κ2) is 9.80. The van der Waals surface area contributed by atoms with Crippen LogP contribution in [0.25, 0.3) is 0 Å². The van der Waals surface area contributed by atoms with Gasteiger partial charge in [-0.1, -0.05) is 17.5 Å². The lowest BCUT2D eigenvalue weighted by atomic mass is 10.2. The Balaban J connectivity index is 2.16. The molecule has 26 heavy (non-hydrogen) atoms. The minimum Gasteiger partial charge on any atom is -0.490 e. The number of nitrogens with zero attached hydrogens (tertiary/aromatic N) is 2. The summed E-state index contributed by atoms with van der Waals surface area (Å²) in [5.41, 5.74) is 3.32. The van der Waals surface area contributed by atoms with E-state index in [1.807, 2.05) is 6.92 Å². The average Bonchev–Trinajstić information content (AvgIpc) is 2.61. The fourth-order valence-electron chi connectivity index (χ4n) is 1.96. The molecule has 8 heteroatoms. The Kier molecular flexibility index (Phi) is 7.45. The molecule has 0 aliphatic carbocycles. The molecule has 0 unspecified atom stereocenters. The van der Waals surface area contributed by atoms with E-state index in [1.165, 1.54) is 12.4 Å². The van der Waals surface area contributed by atoms with E-state index in [9.17, 15) is 4.79 Å². The van der Waals surface area contributed by atoms with E-state index in [0.29, 0.717) is 28.1 Å². The second-order valence-electron chi connectivity index (χ2n) is 4.80. The summed E-state index contributed by atoms with van der Waals surface area (Å²) in [6.45, 7) is 2.43. The number of pyridine rings is 1. The molecule has 0 saturated carbocycles. The number of halogens is 2. The third-order valence-electron chi connectivity index (χ3n) is 3.01. The summed E-state index contributed by atoms with van der Waals surface area (Å²) in [4.78, 5) is 15.9. The van der Waals surface area contributed by atoms with Gasteiger partial charge in [0.05, 0.1) is 22.9 Å². The zero-order valence-electron chi connectivity index (χ0n) is 13.8. The first kappa shape index (κ1) is 19.8. The molecule has 134 valence electrons. The third kappa shape index (κ3) is 5.22. The third-order valence-corrected chi connectivity index (χ3v) is 3.91. The largest absolute Gasteiger partial charge is 0.490 e. The maximum Gasteiger partial charge on any atom is 0.274 e. The monoisotopic (exact) mass is 435 g/mol. The number of terminal acetylenes is 1. The first-order valence-corrected chi connectivity index (χ1v) is 8.70. The fourth-order valence-corrected chi connectivity index (χ4v) is 2.74. The van der Waals surface area contributed by atoms with Gasteiger partial charge < -0.3 is 9.47 Å². The zero-order valence-corrected chi connectivity index (χ0v) is 16.2. The van der Waals surface area contributed by atoms with Gasteiger partial charge in [-0.2, -0.15) is 5.10 Å². The highest BCUT2D eigenvalue weighted by molar-refractivity contribution is 9.10. The predicted molar refractivity (Wildman–Crippen MR) is 104 cm³/mol. The van der Waals surface area contributed by atoms with Crippen LogP contribution in [-0.2, 0) is 0 Å². The van der Waals surface area contributed by atoms with Crippen molar-refractivity contribution in [2.75, 3.05) is 13.2 Å². The Hall–Kier alpha value is -2.56. The maximum absolute atomic E-state index is 12.0. The molecule has 2 rings (SSSR count). The lowest BCUT2D eigenvalue weighted by Gasteiger charge is -2.13. The summed E-state index contributed by atoms with van der Waals surface area (Å²) < 4.78 is 11.7. The molecule has 0 spiro atoms. The van der Waals surface area contributed by atoms with E-state index >= 15 is 0 Å². The number of hydrogen-bond acceptors (Lipinski definition) is 5. The molecular formula is C18H15BrClN3O3. The van der Waals surface area contributed by atoms with Crippen molar-refractivity contribution >= 4 is 39.7 Å². The molecule has 2 aromatic rings. The number of nitrogens with one attached hydrogen (secondary N) is 1. The highest BCUT2D eigenvalue weighted by Crippen LogP contribution is 2.36. The minimum atomic E-state index is -0.461. The van der Waals surface area contributed by atoms with Gasteiger partial charge in [-0.15, -0.1) is 6.42 Å². The SMILES string of the molecule is C#CCOc1c(Br)cc(C=NNC(=O)c2cccnc2Cl)cc1OCC. The molecule has 1 aromatic heterocycles. The maximum atomic E-state index is 12.0. The molecule has 0 aliphatic heterocycles. The molecular weight excluding hydrogens is 422 g/mol. The Bertz CT molecular complexity index is 865. The number of carbonyl (C=O) groups excluding carboxylic acids is 1.